The highest BCUT2D eigenvalue weighted by Gasteiger charge is 2.29. The first-order valence-corrected chi connectivity index (χ1v) is 12.3. The molecule has 1 saturated carbocycles. The Morgan fingerprint density at radius 1 is 1.00 bits per heavy atom. The molecule has 1 atom stereocenters. The highest BCUT2D eigenvalue weighted by atomic mass is 35.5. The molecule has 0 saturated heterocycles. The van der Waals surface area contributed by atoms with E-state index in [1.165, 1.54) is 56.9 Å². The van der Waals surface area contributed by atoms with E-state index in [2.05, 4.69) is 19.9 Å². The summed E-state index contributed by atoms with van der Waals surface area (Å²) < 4.78 is 20.2. The van der Waals surface area contributed by atoms with Crippen molar-refractivity contribution in [3.63, 3.8) is 0 Å². The summed E-state index contributed by atoms with van der Waals surface area (Å²) in [6.07, 6.45) is 17.4. The third-order valence-electron chi connectivity index (χ3n) is 7.12. The van der Waals surface area contributed by atoms with Crippen molar-refractivity contribution in [1.29, 1.82) is 0 Å². The normalized spacial score (nSPS) is 25.0. The lowest BCUT2D eigenvalue weighted by Gasteiger charge is -2.35. The smallest absolute Gasteiger partial charge is 0.184 e. The van der Waals surface area contributed by atoms with Crippen LogP contribution in [0, 0.1) is 23.6 Å². The molecular weight excluding hydrogens is 383 g/mol. The van der Waals surface area contributed by atoms with Crippen molar-refractivity contribution >= 4 is 17.2 Å². The highest BCUT2D eigenvalue weighted by molar-refractivity contribution is 6.32. The Morgan fingerprint density at radius 2 is 1.76 bits per heavy atom. The average Bonchev–Trinajstić information content (AvgIpc) is 2.76. The molecule has 1 nitrogen and oxygen atoms in total. The molecule has 0 aliphatic heterocycles. The second-order valence-electron chi connectivity index (χ2n) is 9.13. The Morgan fingerprint density at radius 3 is 2.41 bits per heavy atom. The van der Waals surface area contributed by atoms with Gasteiger partial charge in [0.05, 0.1) is 11.6 Å². The third-order valence-corrected chi connectivity index (χ3v) is 7.49. The second-order valence-corrected chi connectivity index (χ2v) is 9.51. The molecule has 1 aromatic carbocycles. The van der Waals surface area contributed by atoms with Crippen LogP contribution in [-0.2, 0) is 0 Å². The topological polar surface area (TPSA) is 9.23 Å². The van der Waals surface area contributed by atoms with E-state index in [0.717, 1.165) is 49.0 Å². The molecule has 0 spiro atoms. The Kier molecular flexibility index (Phi) is 8.90. The van der Waals surface area contributed by atoms with Gasteiger partial charge in [-0.15, -0.1) is 0 Å². The summed E-state index contributed by atoms with van der Waals surface area (Å²) in [5, 5.41) is 0.222. The van der Waals surface area contributed by atoms with Gasteiger partial charge in [0.15, 0.2) is 11.6 Å². The lowest BCUT2D eigenvalue weighted by molar-refractivity contribution is 0.188. The molecule has 1 aromatic rings. The molecule has 0 N–H and O–H groups in total. The van der Waals surface area contributed by atoms with Gasteiger partial charge in [0.2, 0.25) is 0 Å². The molecule has 2 aliphatic rings. The molecule has 3 rings (SSSR count). The molecule has 0 amide bonds. The van der Waals surface area contributed by atoms with Gasteiger partial charge in [0.1, 0.15) is 0 Å². The SMILES string of the molecule is CCCCOc1ccc(C2=CCC(C3CCC(CCCC)CC3)CC2)c(Cl)c1F. The monoisotopic (exact) mass is 420 g/mol. The fraction of sp³-hybridized carbons (Fsp3) is 0.692. The van der Waals surface area contributed by atoms with Crippen LogP contribution in [0.4, 0.5) is 4.39 Å². The Labute approximate surface area is 182 Å². The summed E-state index contributed by atoms with van der Waals surface area (Å²) in [6, 6.07) is 3.69. The van der Waals surface area contributed by atoms with Gasteiger partial charge < -0.3 is 4.74 Å². The second kappa shape index (κ2) is 11.4. The van der Waals surface area contributed by atoms with Crippen molar-refractivity contribution in [3.8, 4) is 5.75 Å². The van der Waals surface area contributed by atoms with Crippen LogP contribution in [0.15, 0.2) is 18.2 Å². The highest BCUT2D eigenvalue weighted by Crippen LogP contribution is 2.43. The van der Waals surface area contributed by atoms with Gasteiger partial charge in [0, 0.05) is 0 Å². The number of unbranched alkanes of at least 4 members (excludes halogenated alkanes) is 2. The van der Waals surface area contributed by atoms with Crippen LogP contribution in [-0.4, -0.2) is 6.61 Å². The van der Waals surface area contributed by atoms with Crippen LogP contribution >= 0.6 is 11.6 Å². The largest absolute Gasteiger partial charge is 0.490 e. The van der Waals surface area contributed by atoms with Gasteiger partial charge in [0.25, 0.3) is 0 Å². The minimum absolute atomic E-state index is 0.222. The zero-order chi connectivity index (χ0) is 20.6. The lowest BCUT2D eigenvalue weighted by Crippen LogP contribution is -2.23. The van der Waals surface area contributed by atoms with Crippen molar-refractivity contribution in [2.45, 2.75) is 90.9 Å². The third kappa shape index (κ3) is 6.00. The summed E-state index contributed by atoms with van der Waals surface area (Å²) >= 11 is 6.39. The van der Waals surface area contributed by atoms with E-state index < -0.39 is 5.82 Å². The molecule has 1 fully saturated rings. The maximum atomic E-state index is 14.7. The van der Waals surface area contributed by atoms with E-state index in [0.29, 0.717) is 6.61 Å². The fourth-order valence-corrected chi connectivity index (χ4v) is 5.46. The zero-order valence-electron chi connectivity index (χ0n) is 18.3. The zero-order valence-corrected chi connectivity index (χ0v) is 19.1. The van der Waals surface area contributed by atoms with Gasteiger partial charge in [-0.2, -0.15) is 0 Å². The van der Waals surface area contributed by atoms with Crippen molar-refractivity contribution in [2.24, 2.45) is 17.8 Å². The lowest BCUT2D eigenvalue weighted by atomic mass is 9.70. The summed E-state index contributed by atoms with van der Waals surface area (Å²) in [5.74, 6) is 2.52. The standard InChI is InChI=1S/C26H38ClFO/c1-3-5-7-19-8-10-20(11-9-19)21-12-14-22(15-13-21)23-16-17-24(26(28)25(23)27)29-18-6-4-2/h14,16-17,19-21H,3-13,15,18H2,1-2H3. The van der Waals surface area contributed by atoms with Crippen LogP contribution in [0.3, 0.4) is 0 Å². The molecule has 2 aliphatic carbocycles. The molecule has 0 radical (unpaired) electrons. The first-order valence-electron chi connectivity index (χ1n) is 11.9. The number of ether oxygens (including phenoxy) is 1. The molecule has 1 unspecified atom stereocenters. The first kappa shape index (κ1) is 22.7. The maximum Gasteiger partial charge on any atom is 0.184 e. The number of rotatable bonds is 9. The van der Waals surface area contributed by atoms with Gasteiger partial charge >= 0.3 is 0 Å². The van der Waals surface area contributed by atoms with Crippen molar-refractivity contribution in [3.05, 3.63) is 34.6 Å². The minimum atomic E-state index is -0.409. The predicted octanol–water partition coefficient (Wildman–Crippen LogP) is 8.84. The summed E-state index contributed by atoms with van der Waals surface area (Å²) in [5.41, 5.74) is 2.07. The van der Waals surface area contributed by atoms with Gasteiger partial charge in [-0.25, -0.2) is 4.39 Å². The maximum absolute atomic E-state index is 14.7. The first-order chi connectivity index (χ1) is 14.1. The molecule has 162 valence electrons. The van der Waals surface area contributed by atoms with E-state index in [1.807, 2.05) is 6.07 Å². The van der Waals surface area contributed by atoms with E-state index in [9.17, 15) is 4.39 Å². The van der Waals surface area contributed by atoms with Gasteiger partial charge in [-0.3, -0.25) is 0 Å². The van der Waals surface area contributed by atoms with Gasteiger partial charge in [-0.1, -0.05) is 70.0 Å². The van der Waals surface area contributed by atoms with Gasteiger partial charge in [-0.05, 0) is 79.5 Å². The van der Waals surface area contributed by atoms with E-state index in [-0.39, 0.29) is 10.8 Å². The number of benzene rings is 1. The average molecular weight is 421 g/mol. The summed E-state index contributed by atoms with van der Waals surface area (Å²) in [7, 11) is 0. The van der Waals surface area contributed by atoms with Crippen molar-refractivity contribution < 1.29 is 9.13 Å². The van der Waals surface area contributed by atoms with Crippen LogP contribution in [0.2, 0.25) is 5.02 Å². The summed E-state index contributed by atoms with van der Waals surface area (Å²) in [4.78, 5) is 0. The number of halogens is 2. The van der Waals surface area contributed by atoms with Crippen molar-refractivity contribution in [2.75, 3.05) is 6.61 Å². The molecular formula is C26H38ClFO. The van der Waals surface area contributed by atoms with Crippen LogP contribution in [0.25, 0.3) is 5.57 Å². The van der Waals surface area contributed by atoms with E-state index >= 15 is 0 Å². The van der Waals surface area contributed by atoms with E-state index in [4.69, 9.17) is 16.3 Å². The molecule has 0 bridgehead atoms. The molecule has 3 heteroatoms. The fourth-order valence-electron chi connectivity index (χ4n) is 5.19. The van der Waals surface area contributed by atoms with Crippen LogP contribution < -0.4 is 4.74 Å². The molecule has 0 aromatic heterocycles. The quantitative estimate of drug-likeness (QED) is 0.362. The Balaban J connectivity index is 1.56. The Bertz CT molecular complexity index is 676. The summed E-state index contributed by atoms with van der Waals surface area (Å²) in [6.45, 7) is 4.92. The van der Waals surface area contributed by atoms with Crippen LogP contribution in [0.5, 0.6) is 5.75 Å². The number of allylic oxidation sites excluding steroid dienone is 2. The number of hydrogen-bond acceptors (Lipinski definition) is 1. The molecule has 0 heterocycles. The number of hydrogen-bond donors (Lipinski definition) is 0. The van der Waals surface area contributed by atoms with E-state index in [1.54, 1.807) is 6.07 Å². The predicted molar refractivity (Wildman–Crippen MR) is 122 cm³/mol. The minimum Gasteiger partial charge on any atom is -0.490 e. The van der Waals surface area contributed by atoms with Crippen LogP contribution in [0.1, 0.15) is 96.5 Å². The Hall–Kier alpha value is -1.02. The molecule has 29 heavy (non-hydrogen) atoms. The van der Waals surface area contributed by atoms with Crippen molar-refractivity contribution in [1.82, 2.24) is 0 Å².